The number of hydrogen-bond donors (Lipinski definition) is 2. The van der Waals surface area contributed by atoms with Crippen molar-refractivity contribution in [2.45, 2.75) is 6.92 Å². The number of nitrogens with one attached hydrogen (secondary N) is 2. The van der Waals surface area contributed by atoms with Gasteiger partial charge in [0.25, 0.3) is 0 Å². The van der Waals surface area contributed by atoms with Crippen LogP contribution in [0.2, 0.25) is 0 Å². The molecule has 0 spiro atoms. The third-order valence-corrected chi connectivity index (χ3v) is 2.91. The van der Waals surface area contributed by atoms with Crippen LogP contribution in [0.5, 0.6) is 0 Å². The highest BCUT2D eigenvalue weighted by atomic mass is 79.9. The van der Waals surface area contributed by atoms with Gasteiger partial charge in [0.15, 0.2) is 0 Å². The Morgan fingerprint density at radius 2 is 2.35 bits per heavy atom. The zero-order valence-electron chi connectivity index (χ0n) is 9.92. The minimum Gasteiger partial charge on any atom is -0.383 e. The Labute approximate surface area is 109 Å². The molecule has 0 aliphatic rings. The predicted octanol–water partition coefficient (Wildman–Crippen LogP) is 1.33. The maximum absolute atomic E-state index is 11.5. The molecule has 1 rings (SSSR count). The van der Waals surface area contributed by atoms with E-state index in [1.807, 2.05) is 13.0 Å². The molecule has 0 atom stereocenters. The lowest BCUT2D eigenvalue weighted by Gasteiger charge is -2.07. The number of anilines is 1. The number of amides is 1. The largest absolute Gasteiger partial charge is 0.383 e. The van der Waals surface area contributed by atoms with Gasteiger partial charge in [0.1, 0.15) is 5.82 Å². The first-order valence-electron chi connectivity index (χ1n) is 5.25. The highest BCUT2D eigenvalue weighted by Crippen LogP contribution is 2.16. The number of carbonyl (C=O) groups excluding carboxylic acids is 1. The number of halogens is 1. The van der Waals surface area contributed by atoms with Gasteiger partial charge < -0.3 is 15.4 Å². The zero-order chi connectivity index (χ0) is 12.7. The summed E-state index contributed by atoms with van der Waals surface area (Å²) in [4.78, 5) is 15.6. The monoisotopic (exact) mass is 301 g/mol. The maximum Gasteiger partial charge on any atom is 0.239 e. The summed E-state index contributed by atoms with van der Waals surface area (Å²) < 4.78 is 5.78. The van der Waals surface area contributed by atoms with Gasteiger partial charge in [-0.15, -0.1) is 0 Å². The molecule has 0 aromatic carbocycles. The Kier molecular flexibility index (Phi) is 6.10. The van der Waals surface area contributed by atoms with Crippen molar-refractivity contribution in [3.63, 3.8) is 0 Å². The van der Waals surface area contributed by atoms with E-state index < -0.39 is 0 Å². The van der Waals surface area contributed by atoms with Crippen molar-refractivity contribution >= 4 is 27.7 Å². The smallest absolute Gasteiger partial charge is 0.239 e. The molecule has 94 valence electrons. The predicted molar refractivity (Wildman–Crippen MR) is 70.0 cm³/mol. The van der Waals surface area contributed by atoms with Gasteiger partial charge in [0, 0.05) is 24.3 Å². The van der Waals surface area contributed by atoms with Gasteiger partial charge in [0.05, 0.1) is 13.2 Å². The molecule has 0 bridgehead atoms. The molecule has 5 nitrogen and oxygen atoms in total. The molecule has 1 heterocycles. The molecule has 0 aliphatic carbocycles. The van der Waals surface area contributed by atoms with Crippen molar-refractivity contribution < 1.29 is 9.53 Å². The van der Waals surface area contributed by atoms with Crippen LogP contribution < -0.4 is 10.6 Å². The number of aromatic nitrogens is 1. The number of methoxy groups -OCH3 is 1. The molecule has 17 heavy (non-hydrogen) atoms. The van der Waals surface area contributed by atoms with E-state index >= 15 is 0 Å². The molecule has 1 aromatic heterocycles. The second-order valence-corrected chi connectivity index (χ2v) is 4.39. The van der Waals surface area contributed by atoms with E-state index in [0.29, 0.717) is 19.0 Å². The lowest BCUT2D eigenvalue weighted by Crippen LogP contribution is -2.30. The van der Waals surface area contributed by atoms with Crippen molar-refractivity contribution in [3.05, 3.63) is 22.3 Å². The summed E-state index contributed by atoms with van der Waals surface area (Å²) in [5.41, 5.74) is 1.03. The Hall–Kier alpha value is -0.980. The van der Waals surface area contributed by atoms with Gasteiger partial charge in [-0.1, -0.05) is 0 Å². The van der Waals surface area contributed by atoms with E-state index in [9.17, 15) is 4.79 Å². The van der Waals surface area contributed by atoms with Crippen LogP contribution in [0.4, 0.5) is 5.82 Å². The molecule has 0 radical (unpaired) electrons. The van der Waals surface area contributed by atoms with Crippen molar-refractivity contribution in [2.24, 2.45) is 0 Å². The first-order valence-corrected chi connectivity index (χ1v) is 6.04. The fraction of sp³-hybridized carbons (Fsp3) is 0.455. The van der Waals surface area contributed by atoms with Gasteiger partial charge in [-0.2, -0.15) is 0 Å². The van der Waals surface area contributed by atoms with Crippen LogP contribution in [0, 0.1) is 6.92 Å². The standard InChI is InChI=1S/C11H16BrN3O2/c1-8-5-10(14-6-9(8)12)15-11(16)7-13-3-4-17-2/h5-6,13H,3-4,7H2,1-2H3,(H,14,15,16). The maximum atomic E-state index is 11.5. The summed E-state index contributed by atoms with van der Waals surface area (Å²) in [5, 5.41) is 5.67. The lowest BCUT2D eigenvalue weighted by molar-refractivity contribution is -0.115. The average molecular weight is 302 g/mol. The van der Waals surface area contributed by atoms with Crippen molar-refractivity contribution in [2.75, 3.05) is 32.1 Å². The normalized spacial score (nSPS) is 10.3. The Balaban J connectivity index is 2.37. The number of hydrogen-bond acceptors (Lipinski definition) is 4. The molecule has 2 N–H and O–H groups in total. The van der Waals surface area contributed by atoms with Crippen LogP contribution in [0.15, 0.2) is 16.7 Å². The number of aryl methyl sites for hydroxylation is 1. The Morgan fingerprint density at radius 1 is 1.59 bits per heavy atom. The van der Waals surface area contributed by atoms with Crippen LogP contribution in [0.1, 0.15) is 5.56 Å². The van der Waals surface area contributed by atoms with E-state index in [4.69, 9.17) is 4.74 Å². The summed E-state index contributed by atoms with van der Waals surface area (Å²) in [6.45, 7) is 3.43. The van der Waals surface area contributed by atoms with E-state index in [0.717, 1.165) is 10.0 Å². The Morgan fingerprint density at radius 3 is 3.00 bits per heavy atom. The first kappa shape index (κ1) is 14.1. The lowest BCUT2D eigenvalue weighted by atomic mass is 10.3. The van der Waals surface area contributed by atoms with Crippen molar-refractivity contribution in [3.8, 4) is 0 Å². The summed E-state index contributed by atoms with van der Waals surface area (Å²) in [6, 6.07) is 1.82. The van der Waals surface area contributed by atoms with Gasteiger partial charge in [-0.3, -0.25) is 4.79 Å². The van der Waals surface area contributed by atoms with Gasteiger partial charge in [-0.05, 0) is 34.5 Å². The number of ether oxygens (including phenoxy) is 1. The van der Waals surface area contributed by atoms with Crippen LogP contribution in [-0.2, 0) is 9.53 Å². The third kappa shape index (κ3) is 5.25. The van der Waals surface area contributed by atoms with Crippen LogP contribution in [0.3, 0.4) is 0 Å². The van der Waals surface area contributed by atoms with Crippen LogP contribution >= 0.6 is 15.9 Å². The van der Waals surface area contributed by atoms with Crippen molar-refractivity contribution in [1.29, 1.82) is 0 Å². The Bertz CT molecular complexity index is 385. The topological polar surface area (TPSA) is 63.2 Å². The molecule has 0 fully saturated rings. The van der Waals surface area contributed by atoms with Gasteiger partial charge in [-0.25, -0.2) is 4.98 Å². The zero-order valence-corrected chi connectivity index (χ0v) is 11.5. The molecule has 0 saturated carbocycles. The molecule has 1 aromatic rings. The van der Waals surface area contributed by atoms with Crippen molar-refractivity contribution in [1.82, 2.24) is 10.3 Å². The second-order valence-electron chi connectivity index (χ2n) is 3.54. The van der Waals surface area contributed by atoms with Gasteiger partial charge >= 0.3 is 0 Å². The van der Waals surface area contributed by atoms with Crippen LogP contribution in [-0.4, -0.2) is 37.7 Å². The average Bonchev–Trinajstić information content (AvgIpc) is 2.30. The summed E-state index contributed by atoms with van der Waals surface area (Å²) in [6.07, 6.45) is 1.67. The minimum atomic E-state index is -0.115. The molecule has 0 aliphatic heterocycles. The first-order chi connectivity index (χ1) is 8.13. The summed E-state index contributed by atoms with van der Waals surface area (Å²) >= 11 is 3.35. The van der Waals surface area contributed by atoms with E-state index in [1.165, 1.54) is 0 Å². The SMILES string of the molecule is COCCNCC(=O)Nc1cc(C)c(Br)cn1. The van der Waals surface area contributed by atoms with Gasteiger partial charge in [0.2, 0.25) is 5.91 Å². The number of carbonyl (C=O) groups is 1. The highest BCUT2D eigenvalue weighted by molar-refractivity contribution is 9.10. The summed E-state index contributed by atoms with van der Waals surface area (Å²) in [7, 11) is 1.62. The van der Waals surface area contributed by atoms with Crippen LogP contribution in [0.25, 0.3) is 0 Å². The molecule has 6 heteroatoms. The third-order valence-electron chi connectivity index (χ3n) is 2.08. The fourth-order valence-electron chi connectivity index (χ4n) is 1.17. The number of nitrogens with zero attached hydrogens (tertiary/aromatic N) is 1. The minimum absolute atomic E-state index is 0.115. The summed E-state index contributed by atoms with van der Waals surface area (Å²) in [5.74, 6) is 0.444. The molecular weight excluding hydrogens is 286 g/mol. The van der Waals surface area contributed by atoms with E-state index in [-0.39, 0.29) is 12.5 Å². The molecule has 0 unspecified atom stereocenters. The molecule has 1 amide bonds. The van der Waals surface area contributed by atoms with E-state index in [2.05, 4.69) is 31.5 Å². The van der Waals surface area contributed by atoms with E-state index in [1.54, 1.807) is 13.3 Å². The molecule has 0 saturated heterocycles. The number of rotatable bonds is 6. The quantitative estimate of drug-likeness (QED) is 0.778. The molecular formula is C11H16BrN3O2. The highest BCUT2D eigenvalue weighted by Gasteiger charge is 2.04. The number of pyridine rings is 1. The fourth-order valence-corrected chi connectivity index (χ4v) is 1.39. The second kappa shape index (κ2) is 7.37.